The Morgan fingerprint density at radius 3 is 2.92 bits per heavy atom. The van der Waals surface area contributed by atoms with E-state index in [1.165, 1.54) is 12.1 Å². The van der Waals surface area contributed by atoms with Crippen LogP contribution in [0.25, 0.3) is 0 Å². The van der Waals surface area contributed by atoms with Crippen LogP contribution in [0.1, 0.15) is 6.42 Å². The summed E-state index contributed by atoms with van der Waals surface area (Å²) in [5.41, 5.74) is 5.59. The fourth-order valence-corrected chi connectivity index (χ4v) is 0.928. The third-order valence-corrected chi connectivity index (χ3v) is 1.53. The summed E-state index contributed by atoms with van der Waals surface area (Å²) in [6.45, 7) is 0.429. The summed E-state index contributed by atoms with van der Waals surface area (Å²) in [5, 5.41) is 2.88. The number of benzene rings is 1. The van der Waals surface area contributed by atoms with Gasteiger partial charge in [0.05, 0.1) is 0 Å². The third-order valence-electron chi connectivity index (χ3n) is 1.53. The molecule has 0 fully saturated rings. The third kappa shape index (κ3) is 3.55. The number of carbonyl (C=O) groups excluding carboxylic acids is 1. The standard InChI is InChI=1S/C9H11FN2O/c10-7-2-1-3-8(6-7)12-5-4-9(11)13/h1-3,6,12H,4-5H2,(H2,11,13). The van der Waals surface area contributed by atoms with Gasteiger partial charge in [-0.2, -0.15) is 0 Å². The van der Waals surface area contributed by atoms with Gasteiger partial charge in [0.1, 0.15) is 5.82 Å². The van der Waals surface area contributed by atoms with Gasteiger partial charge in [0, 0.05) is 18.7 Å². The second kappa shape index (κ2) is 4.45. The quantitative estimate of drug-likeness (QED) is 0.732. The molecule has 4 heteroatoms. The van der Waals surface area contributed by atoms with Gasteiger partial charge >= 0.3 is 0 Å². The summed E-state index contributed by atoms with van der Waals surface area (Å²) in [6, 6.07) is 6.05. The molecule has 1 aromatic rings. The predicted molar refractivity (Wildman–Crippen MR) is 48.7 cm³/mol. The van der Waals surface area contributed by atoms with Gasteiger partial charge in [-0.05, 0) is 18.2 Å². The van der Waals surface area contributed by atoms with Crippen LogP contribution in [0.3, 0.4) is 0 Å². The van der Waals surface area contributed by atoms with Gasteiger partial charge in [0.15, 0.2) is 0 Å². The van der Waals surface area contributed by atoms with E-state index in [1.807, 2.05) is 0 Å². The number of nitrogens with one attached hydrogen (secondary N) is 1. The highest BCUT2D eigenvalue weighted by molar-refractivity contribution is 5.74. The summed E-state index contributed by atoms with van der Waals surface area (Å²) in [6.07, 6.45) is 0.247. The number of primary amides is 1. The number of amides is 1. The van der Waals surface area contributed by atoms with Crippen LogP contribution in [0.2, 0.25) is 0 Å². The number of carbonyl (C=O) groups is 1. The Morgan fingerprint density at radius 1 is 1.54 bits per heavy atom. The van der Waals surface area contributed by atoms with E-state index in [1.54, 1.807) is 12.1 Å². The highest BCUT2D eigenvalue weighted by Crippen LogP contribution is 2.08. The molecule has 0 aliphatic carbocycles. The first-order chi connectivity index (χ1) is 6.18. The van der Waals surface area contributed by atoms with Crippen LogP contribution >= 0.6 is 0 Å². The molecule has 70 valence electrons. The minimum Gasteiger partial charge on any atom is -0.384 e. The van der Waals surface area contributed by atoms with E-state index >= 15 is 0 Å². The highest BCUT2D eigenvalue weighted by Gasteiger charge is 1.95. The van der Waals surface area contributed by atoms with Crippen molar-refractivity contribution in [2.24, 2.45) is 5.73 Å². The molecule has 1 aromatic carbocycles. The van der Waals surface area contributed by atoms with Crippen molar-refractivity contribution in [1.29, 1.82) is 0 Å². The normalized spacial score (nSPS) is 9.62. The lowest BCUT2D eigenvalue weighted by atomic mass is 10.3. The SMILES string of the molecule is NC(=O)CCNc1cccc(F)c1. The maximum Gasteiger partial charge on any atom is 0.219 e. The largest absolute Gasteiger partial charge is 0.384 e. The van der Waals surface area contributed by atoms with Gasteiger partial charge in [0.25, 0.3) is 0 Å². The van der Waals surface area contributed by atoms with Crippen molar-refractivity contribution in [3.63, 3.8) is 0 Å². The molecule has 3 N–H and O–H groups in total. The molecule has 13 heavy (non-hydrogen) atoms. The maximum atomic E-state index is 12.6. The Hall–Kier alpha value is -1.58. The summed E-state index contributed by atoms with van der Waals surface area (Å²) in [7, 11) is 0. The molecular formula is C9H11FN2O. The number of hydrogen-bond acceptors (Lipinski definition) is 2. The van der Waals surface area contributed by atoms with Gasteiger partial charge in [-0.1, -0.05) is 6.07 Å². The van der Waals surface area contributed by atoms with Crippen LogP contribution < -0.4 is 11.1 Å². The maximum absolute atomic E-state index is 12.6. The minimum atomic E-state index is -0.371. The van der Waals surface area contributed by atoms with Crippen molar-refractivity contribution in [3.05, 3.63) is 30.1 Å². The van der Waals surface area contributed by atoms with Crippen molar-refractivity contribution in [1.82, 2.24) is 0 Å². The smallest absolute Gasteiger partial charge is 0.219 e. The van der Waals surface area contributed by atoms with Crippen molar-refractivity contribution >= 4 is 11.6 Å². The average molecular weight is 182 g/mol. The molecular weight excluding hydrogens is 171 g/mol. The summed E-state index contributed by atoms with van der Waals surface area (Å²) < 4.78 is 12.6. The first kappa shape index (κ1) is 9.51. The van der Waals surface area contributed by atoms with E-state index in [4.69, 9.17) is 5.73 Å². The molecule has 0 saturated carbocycles. The zero-order valence-corrected chi connectivity index (χ0v) is 7.09. The van der Waals surface area contributed by atoms with Crippen LogP contribution in [0, 0.1) is 5.82 Å². The van der Waals surface area contributed by atoms with Crippen molar-refractivity contribution in [2.75, 3.05) is 11.9 Å². The van der Waals surface area contributed by atoms with E-state index in [9.17, 15) is 9.18 Å². The number of rotatable bonds is 4. The Labute approximate surface area is 75.7 Å². The Morgan fingerprint density at radius 2 is 2.31 bits per heavy atom. The number of nitrogens with two attached hydrogens (primary N) is 1. The van der Waals surface area contributed by atoms with Crippen LogP contribution in [0.4, 0.5) is 10.1 Å². The zero-order chi connectivity index (χ0) is 9.68. The molecule has 0 aliphatic rings. The number of halogens is 1. The van der Waals surface area contributed by atoms with E-state index < -0.39 is 0 Å². The molecule has 1 rings (SSSR count). The van der Waals surface area contributed by atoms with Crippen LogP contribution in [0.5, 0.6) is 0 Å². The van der Waals surface area contributed by atoms with Gasteiger partial charge < -0.3 is 11.1 Å². The van der Waals surface area contributed by atoms with E-state index in [-0.39, 0.29) is 18.1 Å². The molecule has 0 radical (unpaired) electrons. The molecule has 3 nitrogen and oxygen atoms in total. The van der Waals surface area contributed by atoms with Crippen LogP contribution in [0.15, 0.2) is 24.3 Å². The lowest BCUT2D eigenvalue weighted by Crippen LogP contribution is -2.15. The molecule has 0 aromatic heterocycles. The Kier molecular flexibility index (Phi) is 3.25. The van der Waals surface area contributed by atoms with Gasteiger partial charge in [-0.15, -0.1) is 0 Å². The molecule has 0 heterocycles. The highest BCUT2D eigenvalue weighted by atomic mass is 19.1. The monoisotopic (exact) mass is 182 g/mol. The first-order valence-electron chi connectivity index (χ1n) is 3.96. The van der Waals surface area contributed by atoms with Crippen LogP contribution in [-0.4, -0.2) is 12.5 Å². The first-order valence-corrected chi connectivity index (χ1v) is 3.96. The van der Waals surface area contributed by atoms with Crippen molar-refractivity contribution in [3.8, 4) is 0 Å². The molecule has 0 atom stereocenters. The Bertz CT molecular complexity index is 301. The molecule has 0 aliphatic heterocycles. The zero-order valence-electron chi connectivity index (χ0n) is 7.09. The topological polar surface area (TPSA) is 55.1 Å². The average Bonchev–Trinajstić information content (AvgIpc) is 2.03. The molecule has 0 spiro atoms. The van der Waals surface area contributed by atoms with Gasteiger partial charge in [-0.3, -0.25) is 4.79 Å². The molecule has 0 bridgehead atoms. The second-order valence-electron chi connectivity index (χ2n) is 2.65. The fraction of sp³-hybridized carbons (Fsp3) is 0.222. The molecule has 0 unspecified atom stereocenters. The predicted octanol–water partition coefficient (Wildman–Crippen LogP) is 1.11. The summed E-state index contributed by atoms with van der Waals surface area (Å²) >= 11 is 0. The van der Waals surface area contributed by atoms with Gasteiger partial charge in [-0.25, -0.2) is 4.39 Å². The summed E-state index contributed by atoms with van der Waals surface area (Å²) in [4.78, 5) is 10.4. The van der Waals surface area contributed by atoms with Gasteiger partial charge in [0.2, 0.25) is 5.91 Å². The van der Waals surface area contributed by atoms with Crippen molar-refractivity contribution in [2.45, 2.75) is 6.42 Å². The lowest BCUT2D eigenvalue weighted by Gasteiger charge is -2.03. The lowest BCUT2D eigenvalue weighted by molar-refractivity contribution is -0.117. The van der Waals surface area contributed by atoms with Crippen molar-refractivity contribution < 1.29 is 9.18 Å². The number of anilines is 1. The minimum absolute atomic E-state index is 0.247. The number of hydrogen-bond donors (Lipinski definition) is 2. The van der Waals surface area contributed by atoms with Crippen LogP contribution in [-0.2, 0) is 4.79 Å². The summed E-state index contributed by atoms with van der Waals surface area (Å²) in [5.74, 6) is -0.673. The van der Waals surface area contributed by atoms with E-state index in [0.717, 1.165) is 0 Å². The molecule has 0 saturated heterocycles. The van der Waals surface area contributed by atoms with E-state index in [0.29, 0.717) is 12.2 Å². The second-order valence-corrected chi connectivity index (χ2v) is 2.65. The fourth-order valence-electron chi connectivity index (χ4n) is 0.928. The Balaban J connectivity index is 2.41. The van der Waals surface area contributed by atoms with E-state index in [2.05, 4.69) is 5.32 Å². The molecule has 1 amide bonds.